The summed E-state index contributed by atoms with van der Waals surface area (Å²) in [5.41, 5.74) is 0. The van der Waals surface area contributed by atoms with E-state index in [-0.39, 0.29) is 25.3 Å². The minimum absolute atomic E-state index is 0.0891. The molecule has 1 aromatic rings. The van der Waals surface area contributed by atoms with Gasteiger partial charge in [0.25, 0.3) is 5.91 Å². The number of alkyl halides is 3. The minimum atomic E-state index is -4.89. The van der Waals surface area contributed by atoms with E-state index >= 15 is 0 Å². The van der Waals surface area contributed by atoms with E-state index in [1.165, 1.54) is 6.07 Å². The molecule has 19 heavy (non-hydrogen) atoms. The lowest BCUT2D eigenvalue weighted by atomic mass is 10.3. The van der Waals surface area contributed by atoms with Gasteiger partial charge in [0.1, 0.15) is 0 Å². The van der Waals surface area contributed by atoms with E-state index in [1.54, 1.807) is 11.4 Å². The molecule has 1 heterocycles. The summed E-state index contributed by atoms with van der Waals surface area (Å²) in [6.07, 6.45) is -4.71. The quantitative estimate of drug-likeness (QED) is 0.802. The number of furan rings is 1. The van der Waals surface area contributed by atoms with Gasteiger partial charge in [0, 0.05) is 13.1 Å². The Labute approximate surface area is 114 Å². The van der Waals surface area contributed by atoms with Crippen molar-refractivity contribution in [1.82, 2.24) is 10.6 Å². The summed E-state index contributed by atoms with van der Waals surface area (Å²) < 4.78 is 40.8. The van der Waals surface area contributed by atoms with Gasteiger partial charge in [-0.15, -0.1) is 0 Å². The third-order valence-corrected chi connectivity index (χ3v) is 2.41. The summed E-state index contributed by atoms with van der Waals surface area (Å²) in [6.45, 7) is -0.0598. The molecule has 0 saturated heterocycles. The van der Waals surface area contributed by atoms with Crippen molar-refractivity contribution in [2.45, 2.75) is 12.6 Å². The molecule has 0 aliphatic rings. The first-order valence-corrected chi connectivity index (χ1v) is 5.98. The highest BCUT2D eigenvalue weighted by molar-refractivity contribution is 9.10. The predicted octanol–water partition coefficient (Wildman–Crippen LogP) is 1.84. The SMILES string of the molecule is O=C(NCCCNC(=O)C(F)(F)F)c1ccc(Br)o1. The zero-order valence-corrected chi connectivity index (χ0v) is 11.1. The first kappa shape index (κ1) is 15.5. The first-order chi connectivity index (χ1) is 8.80. The number of halogens is 4. The number of carbonyl (C=O) groups excluding carboxylic acids is 2. The second-order valence-corrected chi connectivity index (χ2v) is 4.25. The van der Waals surface area contributed by atoms with Crippen molar-refractivity contribution in [1.29, 1.82) is 0 Å². The van der Waals surface area contributed by atoms with Crippen LogP contribution in [0.1, 0.15) is 17.0 Å². The smallest absolute Gasteiger partial charge is 0.444 e. The van der Waals surface area contributed by atoms with Crippen molar-refractivity contribution in [3.63, 3.8) is 0 Å². The van der Waals surface area contributed by atoms with Crippen molar-refractivity contribution >= 4 is 27.7 Å². The Bertz CT molecular complexity index is 459. The Hall–Kier alpha value is -1.51. The Morgan fingerprint density at radius 3 is 2.37 bits per heavy atom. The van der Waals surface area contributed by atoms with Gasteiger partial charge in [0.15, 0.2) is 10.4 Å². The van der Waals surface area contributed by atoms with Gasteiger partial charge < -0.3 is 15.1 Å². The standard InChI is InChI=1S/C10H10BrF3N2O3/c11-7-3-2-6(19-7)8(17)15-4-1-5-16-9(18)10(12,13)14/h2-3H,1,4-5H2,(H,15,17)(H,16,18). The van der Waals surface area contributed by atoms with Gasteiger partial charge >= 0.3 is 12.1 Å². The number of hydrogen-bond acceptors (Lipinski definition) is 3. The molecular weight excluding hydrogens is 333 g/mol. The first-order valence-electron chi connectivity index (χ1n) is 5.19. The summed E-state index contributed by atoms with van der Waals surface area (Å²) in [5.74, 6) is -2.38. The third kappa shape index (κ3) is 5.33. The molecule has 0 bridgehead atoms. The fourth-order valence-corrected chi connectivity index (χ4v) is 1.42. The van der Waals surface area contributed by atoms with E-state index in [2.05, 4.69) is 21.2 Å². The lowest BCUT2D eigenvalue weighted by Crippen LogP contribution is -2.38. The molecule has 0 aliphatic carbocycles. The van der Waals surface area contributed by atoms with Crippen molar-refractivity contribution in [3.05, 3.63) is 22.6 Å². The molecule has 2 N–H and O–H groups in total. The van der Waals surface area contributed by atoms with Gasteiger partial charge in [0.05, 0.1) is 0 Å². The summed E-state index contributed by atoms with van der Waals surface area (Å²) in [5, 5.41) is 4.13. The van der Waals surface area contributed by atoms with Crippen LogP contribution in [0.4, 0.5) is 13.2 Å². The third-order valence-electron chi connectivity index (χ3n) is 1.98. The Morgan fingerprint density at radius 1 is 1.21 bits per heavy atom. The predicted molar refractivity (Wildman–Crippen MR) is 62.4 cm³/mol. The molecule has 0 spiro atoms. The summed E-state index contributed by atoms with van der Waals surface area (Å²) in [7, 11) is 0. The molecule has 0 aliphatic heterocycles. The highest BCUT2D eigenvalue weighted by atomic mass is 79.9. The molecule has 0 atom stereocenters. The number of rotatable bonds is 5. The van der Waals surface area contributed by atoms with Gasteiger partial charge in [-0.25, -0.2) is 0 Å². The fourth-order valence-electron chi connectivity index (χ4n) is 1.12. The van der Waals surface area contributed by atoms with Gasteiger partial charge in [-0.2, -0.15) is 13.2 Å². The van der Waals surface area contributed by atoms with E-state index in [0.29, 0.717) is 4.67 Å². The summed E-state index contributed by atoms with van der Waals surface area (Å²) >= 11 is 3.03. The van der Waals surface area contributed by atoms with E-state index in [1.807, 2.05) is 0 Å². The van der Waals surface area contributed by atoms with Gasteiger partial charge in [-0.3, -0.25) is 9.59 Å². The van der Waals surface area contributed by atoms with Crippen molar-refractivity contribution < 1.29 is 27.2 Å². The monoisotopic (exact) mass is 342 g/mol. The molecule has 2 amide bonds. The largest absolute Gasteiger partial charge is 0.471 e. The maximum atomic E-state index is 11.8. The Kier molecular flexibility index (Phi) is 5.40. The normalized spacial score (nSPS) is 11.2. The molecule has 5 nitrogen and oxygen atoms in total. The maximum Gasteiger partial charge on any atom is 0.471 e. The number of amides is 2. The van der Waals surface area contributed by atoms with E-state index in [9.17, 15) is 22.8 Å². The number of nitrogens with one attached hydrogen (secondary N) is 2. The molecule has 1 rings (SSSR count). The second kappa shape index (κ2) is 6.60. The lowest BCUT2D eigenvalue weighted by molar-refractivity contribution is -0.173. The molecule has 106 valence electrons. The highest BCUT2D eigenvalue weighted by Gasteiger charge is 2.38. The average Bonchev–Trinajstić information content (AvgIpc) is 2.73. The van der Waals surface area contributed by atoms with E-state index < -0.39 is 18.0 Å². The topological polar surface area (TPSA) is 71.3 Å². The summed E-state index contributed by atoms with van der Waals surface area (Å²) in [6, 6.07) is 2.99. The fraction of sp³-hybridized carbons (Fsp3) is 0.400. The molecule has 9 heteroatoms. The van der Waals surface area contributed by atoms with Crippen LogP contribution < -0.4 is 10.6 Å². The highest BCUT2D eigenvalue weighted by Crippen LogP contribution is 2.14. The van der Waals surface area contributed by atoms with Crippen LogP contribution in [0.3, 0.4) is 0 Å². The van der Waals surface area contributed by atoms with E-state index in [4.69, 9.17) is 4.42 Å². The van der Waals surface area contributed by atoms with Crippen molar-refractivity contribution in [2.75, 3.05) is 13.1 Å². The van der Waals surface area contributed by atoms with Crippen molar-refractivity contribution in [2.24, 2.45) is 0 Å². The van der Waals surface area contributed by atoms with Crippen LogP contribution in [0.2, 0.25) is 0 Å². The molecule has 0 fully saturated rings. The zero-order chi connectivity index (χ0) is 14.5. The van der Waals surface area contributed by atoms with Gasteiger partial charge in [-0.05, 0) is 34.5 Å². The second-order valence-electron chi connectivity index (χ2n) is 3.47. The van der Waals surface area contributed by atoms with Crippen molar-refractivity contribution in [3.8, 4) is 0 Å². The van der Waals surface area contributed by atoms with Gasteiger partial charge in [-0.1, -0.05) is 0 Å². The van der Waals surface area contributed by atoms with Crippen LogP contribution in [-0.2, 0) is 4.79 Å². The molecule has 0 saturated carbocycles. The molecule has 1 aromatic heterocycles. The Morgan fingerprint density at radius 2 is 1.84 bits per heavy atom. The van der Waals surface area contributed by atoms with E-state index in [0.717, 1.165) is 0 Å². The lowest BCUT2D eigenvalue weighted by Gasteiger charge is -2.07. The van der Waals surface area contributed by atoms with Crippen LogP contribution >= 0.6 is 15.9 Å². The minimum Gasteiger partial charge on any atom is -0.444 e. The molecule has 0 aromatic carbocycles. The maximum absolute atomic E-state index is 11.8. The molecular formula is C10H10BrF3N2O3. The molecule has 0 radical (unpaired) electrons. The van der Waals surface area contributed by atoms with Crippen LogP contribution in [0.25, 0.3) is 0 Å². The van der Waals surface area contributed by atoms with Crippen LogP contribution in [0.5, 0.6) is 0 Å². The number of hydrogen-bond donors (Lipinski definition) is 2. The average molecular weight is 343 g/mol. The molecule has 0 unspecified atom stereocenters. The van der Waals surface area contributed by atoms with Crippen LogP contribution in [0.15, 0.2) is 21.2 Å². The summed E-state index contributed by atoms with van der Waals surface area (Å²) in [4.78, 5) is 21.9. The van der Waals surface area contributed by atoms with Crippen LogP contribution in [0, 0.1) is 0 Å². The number of carbonyl (C=O) groups is 2. The Balaban J connectivity index is 2.18. The zero-order valence-electron chi connectivity index (χ0n) is 9.51. The van der Waals surface area contributed by atoms with Gasteiger partial charge in [0.2, 0.25) is 0 Å². The van der Waals surface area contributed by atoms with Crippen LogP contribution in [-0.4, -0.2) is 31.1 Å².